The molecule has 2 N–H and O–H groups in total. The molecular weight excluding hydrogens is 326 g/mol. The topological polar surface area (TPSA) is 61.4 Å². The van der Waals surface area contributed by atoms with Gasteiger partial charge in [-0.2, -0.15) is 0 Å². The molecule has 5 nitrogen and oxygen atoms in total. The van der Waals surface area contributed by atoms with E-state index < -0.39 is 0 Å². The number of carbonyl (C=O) groups excluding carboxylic acids is 2. The fraction of sp³-hybridized carbons (Fsp3) is 0.333. The Morgan fingerprint density at radius 3 is 2.54 bits per heavy atom. The van der Waals surface area contributed by atoms with Gasteiger partial charge in [0, 0.05) is 30.0 Å². The summed E-state index contributed by atoms with van der Waals surface area (Å²) in [5.41, 5.74) is 5.15. The zero-order chi connectivity index (χ0) is 17.9. The van der Waals surface area contributed by atoms with Gasteiger partial charge in [-0.25, -0.2) is 0 Å². The molecule has 1 aliphatic carbocycles. The summed E-state index contributed by atoms with van der Waals surface area (Å²) in [5, 5.41) is 5.79. The summed E-state index contributed by atoms with van der Waals surface area (Å²) < 4.78 is 0. The fourth-order valence-corrected chi connectivity index (χ4v) is 3.69. The first-order chi connectivity index (χ1) is 12.7. The molecule has 0 aromatic heterocycles. The van der Waals surface area contributed by atoms with Crippen molar-refractivity contribution in [1.29, 1.82) is 0 Å². The first-order valence-corrected chi connectivity index (χ1v) is 9.24. The molecule has 1 saturated heterocycles. The minimum atomic E-state index is -0.0801. The number of hydrogen-bond donors (Lipinski definition) is 2. The van der Waals surface area contributed by atoms with E-state index in [-0.39, 0.29) is 11.8 Å². The smallest absolute Gasteiger partial charge is 0.255 e. The number of nitrogens with one attached hydrogen (secondary N) is 2. The molecule has 1 fully saturated rings. The number of benzene rings is 2. The van der Waals surface area contributed by atoms with Crippen molar-refractivity contribution in [1.82, 2.24) is 5.32 Å². The lowest BCUT2D eigenvalue weighted by molar-refractivity contribution is -0.120. The summed E-state index contributed by atoms with van der Waals surface area (Å²) in [6.45, 7) is 1.84. The van der Waals surface area contributed by atoms with Crippen LogP contribution in [0, 0.1) is 0 Å². The average molecular weight is 349 g/mol. The Balaban J connectivity index is 1.43. The average Bonchev–Trinajstić information content (AvgIpc) is 2.68. The van der Waals surface area contributed by atoms with Gasteiger partial charge in [0.1, 0.15) is 0 Å². The molecule has 2 aromatic carbocycles. The maximum Gasteiger partial charge on any atom is 0.255 e. The zero-order valence-corrected chi connectivity index (χ0v) is 14.8. The molecule has 1 aliphatic heterocycles. The zero-order valence-electron chi connectivity index (χ0n) is 14.8. The summed E-state index contributed by atoms with van der Waals surface area (Å²) in [5.74, 6) is -0.0375. The summed E-state index contributed by atoms with van der Waals surface area (Å²) in [4.78, 5) is 26.1. The van der Waals surface area contributed by atoms with Crippen molar-refractivity contribution in [2.45, 2.75) is 25.7 Å². The van der Waals surface area contributed by atoms with Crippen LogP contribution in [0.1, 0.15) is 34.3 Å². The van der Waals surface area contributed by atoms with Gasteiger partial charge in [-0.15, -0.1) is 0 Å². The van der Waals surface area contributed by atoms with Gasteiger partial charge in [0.15, 0.2) is 0 Å². The summed E-state index contributed by atoms with van der Waals surface area (Å²) in [6.07, 6.45) is 4.62. The molecule has 0 radical (unpaired) electrons. The molecule has 0 atom stereocenters. The van der Waals surface area contributed by atoms with Crippen molar-refractivity contribution >= 4 is 23.2 Å². The number of carbonyl (C=O) groups is 2. The van der Waals surface area contributed by atoms with Crippen LogP contribution < -0.4 is 15.5 Å². The second-order valence-electron chi connectivity index (χ2n) is 6.96. The number of fused-ring (bicyclic) bond motifs is 1. The lowest BCUT2D eigenvalue weighted by Gasteiger charge is -2.28. The lowest BCUT2D eigenvalue weighted by Crippen LogP contribution is -2.47. The summed E-state index contributed by atoms with van der Waals surface area (Å²) in [6, 6.07) is 13.7. The number of nitrogens with zero attached hydrogens (tertiary/aromatic N) is 1. The highest BCUT2D eigenvalue weighted by Crippen LogP contribution is 2.23. The standard InChI is InChI=1S/C21H23N3O2/c25-20-14-24(12-11-22-20)19-9-7-18(8-10-19)23-21(26)17-6-5-15-3-1-2-4-16(15)13-17/h5-10,13H,1-4,11-12,14H2,(H,22,25)(H,23,26). The van der Waals surface area contributed by atoms with Gasteiger partial charge < -0.3 is 15.5 Å². The van der Waals surface area contributed by atoms with E-state index in [4.69, 9.17) is 0 Å². The molecule has 2 amide bonds. The highest BCUT2D eigenvalue weighted by Gasteiger charge is 2.17. The highest BCUT2D eigenvalue weighted by atomic mass is 16.2. The largest absolute Gasteiger partial charge is 0.360 e. The summed E-state index contributed by atoms with van der Waals surface area (Å²) >= 11 is 0. The van der Waals surface area contributed by atoms with Gasteiger partial charge in [0.25, 0.3) is 5.91 Å². The Morgan fingerprint density at radius 1 is 1.00 bits per heavy atom. The van der Waals surface area contributed by atoms with Gasteiger partial charge in [-0.1, -0.05) is 6.07 Å². The monoisotopic (exact) mass is 349 g/mol. The third-order valence-corrected chi connectivity index (χ3v) is 5.14. The van der Waals surface area contributed by atoms with Crippen molar-refractivity contribution in [2.24, 2.45) is 0 Å². The van der Waals surface area contributed by atoms with Crippen molar-refractivity contribution in [3.63, 3.8) is 0 Å². The van der Waals surface area contributed by atoms with Crippen molar-refractivity contribution in [3.8, 4) is 0 Å². The first-order valence-electron chi connectivity index (χ1n) is 9.24. The van der Waals surface area contributed by atoms with E-state index >= 15 is 0 Å². The van der Waals surface area contributed by atoms with E-state index in [1.165, 1.54) is 24.0 Å². The van der Waals surface area contributed by atoms with Crippen molar-refractivity contribution in [2.75, 3.05) is 29.9 Å². The maximum atomic E-state index is 12.6. The highest BCUT2D eigenvalue weighted by molar-refractivity contribution is 6.04. The maximum absolute atomic E-state index is 12.6. The molecule has 0 unspecified atom stereocenters. The number of amides is 2. The molecule has 5 heteroatoms. The fourth-order valence-electron chi connectivity index (χ4n) is 3.69. The van der Waals surface area contributed by atoms with E-state index in [2.05, 4.69) is 16.7 Å². The SMILES string of the molecule is O=C1CN(c2ccc(NC(=O)c3ccc4c(c3)CCCC4)cc2)CCN1. The molecule has 0 saturated carbocycles. The van der Waals surface area contributed by atoms with Crippen LogP contribution in [0.4, 0.5) is 11.4 Å². The first kappa shape index (κ1) is 16.6. The Morgan fingerprint density at radius 2 is 1.77 bits per heavy atom. The van der Waals surface area contributed by atoms with Crippen LogP contribution in [0.2, 0.25) is 0 Å². The lowest BCUT2D eigenvalue weighted by atomic mass is 9.90. The Labute approximate surface area is 153 Å². The van der Waals surface area contributed by atoms with Gasteiger partial charge in [0.05, 0.1) is 6.54 Å². The third kappa shape index (κ3) is 3.57. The summed E-state index contributed by atoms with van der Waals surface area (Å²) in [7, 11) is 0. The van der Waals surface area contributed by atoms with Gasteiger partial charge in [-0.05, 0) is 73.2 Å². The minimum absolute atomic E-state index is 0.0426. The second kappa shape index (κ2) is 7.20. The normalized spacial score (nSPS) is 16.6. The molecular formula is C21H23N3O2. The van der Waals surface area contributed by atoms with Crippen LogP contribution in [-0.2, 0) is 17.6 Å². The van der Waals surface area contributed by atoms with E-state index in [0.29, 0.717) is 18.7 Å². The van der Waals surface area contributed by atoms with Gasteiger partial charge >= 0.3 is 0 Å². The van der Waals surface area contributed by atoms with E-state index in [1.807, 2.05) is 41.3 Å². The number of rotatable bonds is 3. The number of piperazine rings is 1. The molecule has 0 bridgehead atoms. The molecule has 4 rings (SSSR count). The Bertz CT molecular complexity index is 830. The molecule has 26 heavy (non-hydrogen) atoms. The van der Waals surface area contributed by atoms with Crippen LogP contribution in [0.3, 0.4) is 0 Å². The Hall–Kier alpha value is -2.82. The number of anilines is 2. The molecule has 1 heterocycles. The van der Waals surface area contributed by atoms with Crippen LogP contribution >= 0.6 is 0 Å². The van der Waals surface area contributed by atoms with E-state index in [1.54, 1.807) is 0 Å². The third-order valence-electron chi connectivity index (χ3n) is 5.14. The quantitative estimate of drug-likeness (QED) is 0.896. The van der Waals surface area contributed by atoms with E-state index in [0.717, 1.165) is 30.8 Å². The molecule has 134 valence electrons. The van der Waals surface area contributed by atoms with Crippen molar-refractivity contribution in [3.05, 3.63) is 59.2 Å². The minimum Gasteiger partial charge on any atom is -0.360 e. The predicted octanol–water partition coefficient (Wildman–Crippen LogP) is 2.75. The van der Waals surface area contributed by atoms with Gasteiger partial charge in [-0.3, -0.25) is 9.59 Å². The second-order valence-corrected chi connectivity index (χ2v) is 6.96. The van der Waals surface area contributed by atoms with Crippen LogP contribution in [0.5, 0.6) is 0 Å². The number of aryl methyl sites for hydroxylation is 2. The van der Waals surface area contributed by atoms with Crippen molar-refractivity contribution < 1.29 is 9.59 Å². The van der Waals surface area contributed by atoms with Gasteiger partial charge in [0.2, 0.25) is 5.91 Å². The molecule has 0 spiro atoms. The van der Waals surface area contributed by atoms with E-state index in [9.17, 15) is 9.59 Å². The predicted molar refractivity (Wildman–Crippen MR) is 103 cm³/mol. The number of hydrogen-bond acceptors (Lipinski definition) is 3. The molecule has 2 aliphatic rings. The molecule has 2 aromatic rings. The van der Waals surface area contributed by atoms with Crippen LogP contribution in [-0.4, -0.2) is 31.4 Å². The van der Waals surface area contributed by atoms with Crippen LogP contribution in [0.15, 0.2) is 42.5 Å². The van der Waals surface area contributed by atoms with Crippen LogP contribution in [0.25, 0.3) is 0 Å². The Kier molecular flexibility index (Phi) is 4.61.